The zero-order chi connectivity index (χ0) is 18.8. The van der Waals surface area contributed by atoms with E-state index in [1.165, 1.54) is 12.1 Å². The molecule has 0 unspecified atom stereocenters. The number of hydrogen-bond acceptors (Lipinski definition) is 6. The molecule has 0 saturated carbocycles. The fourth-order valence-corrected chi connectivity index (χ4v) is 3.50. The first-order valence-corrected chi connectivity index (χ1v) is 9.22. The predicted molar refractivity (Wildman–Crippen MR) is 101 cm³/mol. The van der Waals surface area contributed by atoms with Crippen LogP contribution in [0.1, 0.15) is 53.4 Å². The third-order valence-electron chi connectivity index (χ3n) is 3.22. The minimum absolute atomic E-state index is 0.111. The van der Waals surface area contributed by atoms with Crippen LogP contribution in [-0.4, -0.2) is 28.6 Å². The Bertz CT molecular complexity index is 811. The van der Waals surface area contributed by atoms with Crippen molar-refractivity contribution in [1.29, 1.82) is 0 Å². The number of thiazole rings is 1. The van der Waals surface area contributed by atoms with Crippen molar-refractivity contribution in [1.82, 2.24) is 4.98 Å². The summed E-state index contributed by atoms with van der Waals surface area (Å²) in [6.07, 6.45) is 0. The number of benzene rings is 1. The van der Waals surface area contributed by atoms with E-state index in [9.17, 15) is 14.7 Å². The summed E-state index contributed by atoms with van der Waals surface area (Å²) < 4.78 is 5.74. The average molecular weight is 427 g/mol. The van der Waals surface area contributed by atoms with Gasteiger partial charge in [0.25, 0.3) is 5.91 Å². The number of carbonyl (C=O) groups is 2. The Kier molecular flexibility index (Phi) is 5.84. The van der Waals surface area contributed by atoms with Crippen LogP contribution in [0.3, 0.4) is 0 Å². The largest absolute Gasteiger partial charge is 0.507 e. The fraction of sp³-hybridized carbons (Fsp3) is 0.353. The van der Waals surface area contributed by atoms with E-state index >= 15 is 0 Å². The average Bonchev–Trinajstić information content (AvgIpc) is 2.94. The predicted octanol–water partition coefficient (Wildman–Crippen LogP) is 4.34. The molecule has 0 atom stereocenters. The molecule has 0 bridgehead atoms. The summed E-state index contributed by atoms with van der Waals surface area (Å²) >= 11 is 4.32. The zero-order valence-corrected chi connectivity index (χ0v) is 16.7. The molecule has 1 heterocycles. The summed E-state index contributed by atoms with van der Waals surface area (Å²) in [5.74, 6) is -1.11. The van der Waals surface area contributed by atoms with Crippen molar-refractivity contribution in [3.05, 3.63) is 38.8 Å². The van der Waals surface area contributed by atoms with E-state index in [4.69, 9.17) is 4.74 Å². The van der Waals surface area contributed by atoms with Crippen LogP contribution in [0.25, 0.3) is 0 Å². The minimum atomic E-state index is -0.511. The topological polar surface area (TPSA) is 88.5 Å². The second-order valence-electron chi connectivity index (χ2n) is 6.28. The van der Waals surface area contributed by atoms with Crippen molar-refractivity contribution >= 4 is 44.3 Å². The van der Waals surface area contributed by atoms with Crippen LogP contribution in [0.15, 0.2) is 22.7 Å². The summed E-state index contributed by atoms with van der Waals surface area (Å²) in [6.45, 7) is 7.77. The van der Waals surface area contributed by atoms with Crippen molar-refractivity contribution in [3.8, 4) is 5.75 Å². The summed E-state index contributed by atoms with van der Waals surface area (Å²) in [5.41, 5.74) is 0.281. The summed E-state index contributed by atoms with van der Waals surface area (Å²) in [6, 6.07) is 4.56. The SMILES string of the molecule is CCOC(=O)c1sc(NC(=O)c2cc(Br)ccc2O)nc1C(C)(C)C. The first kappa shape index (κ1) is 19.4. The van der Waals surface area contributed by atoms with Crippen molar-refractivity contribution in [2.45, 2.75) is 33.1 Å². The Morgan fingerprint density at radius 1 is 1.36 bits per heavy atom. The van der Waals surface area contributed by atoms with Gasteiger partial charge in [0.15, 0.2) is 5.13 Å². The number of phenols is 1. The number of anilines is 1. The number of nitrogens with one attached hydrogen (secondary N) is 1. The maximum atomic E-state index is 12.4. The monoisotopic (exact) mass is 426 g/mol. The zero-order valence-electron chi connectivity index (χ0n) is 14.3. The maximum absolute atomic E-state index is 12.4. The molecular weight excluding hydrogens is 408 g/mol. The number of ether oxygens (including phenoxy) is 1. The van der Waals surface area contributed by atoms with Gasteiger partial charge < -0.3 is 9.84 Å². The third kappa shape index (κ3) is 4.58. The first-order valence-electron chi connectivity index (χ1n) is 7.61. The number of esters is 1. The Hall–Kier alpha value is -1.93. The molecule has 1 aromatic carbocycles. The molecule has 0 aliphatic carbocycles. The van der Waals surface area contributed by atoms with Gasteiger partial charge in [0.05, 0.1) is 17.9 Å². The molecule has 25 heavy (non-hydrogen) atoms. The minimum Gasteiger partial charge on any atom is -0.507 e. The molecule has 2 N–H and O–H groups in total. The lowest BCUT2D eigenvalue weighted by Crippen LogP contribution is -2.17. The Morgan fingerprint density at radius 3 is 2.64 bits per heavy atom. The van der Waals surface area contributed by atoms with E-state index in [1.807, 2.05) is 20.8 Å². The molecule has 1 amide bonds. The van der Waals surface area contributed by atoms with Crippen LogP contribution in [-0.2, 0) is 10.2 Å². The number of aromatic hydroxyl groups is 1. The normalized spacial score (nSPS) is 11.2. The number of aromatic nitrogens is 1. The van der Waals surface area contributed by atoms with Crippen molar-refractivity contribution in [2.24, 2.45) is 0 Å². The van der Waals surface area contributed by atoms with Gasteiger partial charge in [-0.25, -0.2) is 9.78 Å². The van der Waals surface area contributed by atoms with E-state index in [0.29, 0.717) is 15.0 Å². The highest BCUT2D eigenvalue weighted by Crippen LogP contribution is 2.33. The molecule has 0 fully saturated rings. The van der Waals surface area contributed by atoms with Crippen LogP contribution in [0, 0.1) is 0 Å². The molecule has 0 aliphatic heterocycles. The van der Waals surface area contributed by atoms with Gasteiger partial charge in [0.1, 0.15) is 10.6 Å². The molecule has 134 valence electrons. The lowest BCUT2D eigenvalue weighted by atomic mass is 9.91. The van der Waals surface area contributed by atoms with Crippen LogP contribution in [0.4, 0.5) is 5.13 Å². The maximum Gasteiger partial charge on any atom is 0.350 e. The van der Waals surface area contributed by atoms with Crippen LogP contribution in [0.2, 0.25) is 0 Å². The second-order valence-corrected chi connectivity index (χ2v) is 8.20. The van der Waals surface area contributed by atoms with Gasteiger partial charge in [-0.3, -0.25) is 10.1 Å². The first-order chi connectivity index (χ1) is 11.6. The molecule has 0 spiro atoms. The number of nitrogens with zero attached hydrogens (tertiary/aromatic N) is 1. The van der Waals surface area contributed by atoms with Gasteiger partial charge >= 0.3 is 5.97 Å². The van der Waals surface area contributed by atoms with E-state index < -0.39 is 11.9 Å². The molecule has 1 aromatic heterocycles. The lowest BCUT2D eigenvalue weighted by Gasteiger charge is -2.16. The van der Waals surface area contributed by atoms with Crippen molar-refractivity contribution in [3.63, 3.8) is 0 Å². The number of hydrogen-bond donors (Lipinski definition) is 2. The highest BCUT2D eigenvalue weighted by atomic mass is 79.9. The molecule has 8 heteroatoms. The molecule has 0 radical (unpaired) electrons. The molecule has 6 nitrogen and oxygen atoms in total. The van der Waals surface area contributed by atoms with Gasteiger partial charge in [-0.2, -0.15) is 0 Å². The highest BCUT2D eigenvalue weighted by molar-refractivity contribution is 9.10. The highest BCUT2D eigenvalue weighted by Gasteiger charge is 2.28. The molecule has 2 aromatic rings. The standard InChI is InChI=1S/C17H19BrN2O4S/c1-5-24-15(23)12-13(17(2,3)4)19-16(25-12)20-14(22)10-8-9(18)6-7-11(10)21/h6-8,21H,5H2,1-4H3,(H,19,20,22). The second kappa shape index (κ2) is 7.53. The lowest BCUT2D eigenvalue weighted by molar-refractivity contribution is 0.0529. The van der Waals surface area contributed by atoms with Crippen LogP contribution >= 0.6 is 27.3 Å². The van der Waals surface area contributed by atoms with Gasteiger partial charge in [-0.05, 0) is 25.1 Å². The molecule has 2 rings (SSSR count). The quantitative estimate of drug-likeness (QED) is 0.709. The molecule has 0 saturated heterocycles. The Morgan fingerprint density at radius 2 is 2.04 bits per heavy atom. The number of amides is 1. The molecular formula is C17H19BrN2O4S. The number of carbonyl (C=O) groups excluding carboxylic acids is 2. The van der Waals surface area contributed by atoms with E-state index in [0.717, 1.165) is 11.3 Å². The van der Waals surface area contributed by atoms with Crippen LogP contribution in [0.5, 0.6) is 5.75 Å². The van der Waals surface area contributed by atoms with Gasteiger partial charge in [-0.1, -0.05) is 48.0 Å². The van der Waals surface area contributed by atoms with Gasteiger partial charge in [0.2, 0.25) is 0 Å². The Balaban J connectivity index is 2.35. The number of rotatable bonds is 4. The third-order valence-corrected chi connectivity index (χ3v) is 4.67. The fourth-order valence-electron chi connectivity index (χ4n) is 2.07. The van der Waals surface area contributed by atoms with Crippen molar-refractivity contribution in [2.75, 3.05) is 11.9 Å². The molecule has 0 aliphatic rings. The number of phenolic OH excluding ortho intramolecular Hbond substituents is 1. The smallest absolute Gasteiger partial charge is 0.350 e. The van der Waals surface area contributed by atoms with Gasteiger partial charge in [-0.15, -0.1) is 0 Å². The van der Waals surface area contributed by atoms with Crippen LogP contribution < -0.4 is 5.32 Å². The summed E-state index contributed by atoms with van der Waals surface area (Å²) in [7, 11) is 0. The van der Waals surface area contributed by atoms with Crippen molar-refractivity contribution < 1.29 is 19.4 Å². The number of halogens is 1. The van der Waals surface area contributed by atoms with E-state index in [-0.39, 0.29) is 28.5 Å². The van der Waals surface area contributed by atoms with Gasteiger partial charge in [0, 0.05) is 9.89 Å². The van der Waals surface area contributed by atoms with E-state index in [2.05, 4.69) is 26.2 Å². The van der Waals surface area contributed by atoms with E-state index in [1.54, 1.807) is 13.0 Å². The summed E-state index contributed by atoms with van der Waals surface area (Å²) in [5, 5.41) is 12.8. The summed E-state index contributed by atoms with van der Waals surface area (Å²) in [4.78, 5) is 29.3. The Labute approximate surface area is 158 Å².